The van der Waals surface area contributed by atoms with Crippen molar-refractivity contribution in [1.29, 1.82) is 0 Å². The van der Waals surface area contributed by atoms with Crippen molar-refractivity contribution in [2.45, 2.75) is 46.1 Å². The van der Waals surface area contributed by atoms with Gasteiger partial charge in [0.25, 0.3) is 0 Å². The average Bonchev–Trinajstić information content (AvgIpc) is 2.48. The van der Waals surface area contributed by atoms with E-state index in [-0.39, 0.29) is 0 Å². The highest BCUT2D eigenvalue weighted by atomic mass is 16.5. The van der Waals surface area contributed by atoms with Gasteiger partial charge in [0, 0.05) is 19.1 Å². The Bertz CT molecular complexity index is 450. The summed E-state index contributed by atoms with van der Waals surface area (Å²) in [5.74, 6) is 2.39. The first-order valence-electron chi connectivity index (χ1n) is 7.96. The third-order valence-corrected chi connectivity index (χ3v) is 4.04. The molecule has 0 aliphatic carbocycles. The van der Waals surface area contributed by atoms with Crippen LogP contribution in [0.3, 0.4) is 0 Å². The Balaban J connectivity index is 2.11. The largest absolute Gasteiger partial charge is 0.481 e. The molecule has 1 aromatic rings. The van der Waals surface area contributed by atoms with Crippen molar-refractivity contribution in [2.75, 3.05) is 31.6 Å². The molecule has 0 aromatic carbocycles. The molecule has 2 heterocycles. The molecule has 5 nitrogen and oxygen atoms in total. The maximum atomic E-state index is 5.33. The van der Waals surface area contributed by atoms with Crippen molar-refractivity contribution >= 4 is 5.82 Å². The maximum absolute atomic E-state index is 5.33. The molecule has 0 radical (unpaired) electrons. The molecule has 1 saturated heterocycles. The molecule has 0 saturated carbocycles. The lowest BCUT2D eigenvalue weighted by atomic mass is 10.0. The van der Waals surface area contributed by atoms with Gasteiger partial charge in [-0.1, -0.05) is 13.8 Å². The Morgan fingerprint density at radius 3 is 2.90 bits per heavy atom. The van der Waals surface area contributed by atoms with Gasteiger partial charge in [-0.25, -0.2) is 9.97 Å². The van der Waals surface area contributed by atoms with Crippen LogP contribution in [0.25, 0.3) is 0 Å². The summed E-state index contributed by atoms with van der Waals surface area (Å²) in [5.41, 5.74) is 1.04. The van der Waals surface area contributed by atoms with Crippen molar-refractivity contribution in [3.05, 3.63) is 11.9 Å². The molecule has 1 aliphatic heterocycles. The van der Waals surface area contributed by atoms with Gasteiger partial charge in [-0.05, 0) is 38.6 Å². The Hall–Kier alpha value is -1.36. The molecule has 0 amide bonds. The molecular weight excluding hydrogens is 264 g/mol. The van der Waals surface area contributed by atoms with Crippen molar-refractivity contribution in [2.24, 2.45) is 5.92 Å². The van der Waals surface area contributed by atoms with E-state index in [0.717, 1.165) is 31.0 Å². The smallest absolute Gasteiger partial charge is 0.221 e. The van der Waals surface area contributed by atoms with Crippen LogP contribution in [0.2, 0.25) is 0 Å². The van der Waals surface area contributed by atoms with E-state index in [4.69, 9.17) is 4.74 Å². The van der Waals surface area contributed by atoms with Crippen molar-refractivity contribution in [3.8, 4) is 5.88 Å². The number of hydrogen-bond acceptors (Lipinski definition) is 5. The molecule has 1 fully saturated rings. The van der Waals surface area contributed by atoms with E-state index in [1.54, 1.807) is 13.4 Å². The second-order valence-electron chi connectivity index (χ2n) is 6.23. The lowest BCUT2D eigenvalue weighted by molar-refractivity contribution is 0.390. The molecule has 2 rings (SSSR count). The van der Waals surface area contributed by atoms with Crippen LogP contribution in [0.5, 0.6) is 5.88 Å². The molecule has 1 aromatic heterocycles. The van der Waals surface area contributed by atoms with E-state index in [2.05, 4.69) is 34.0 Å². The predicted molar refractivity (Wildman–Crippen MR) is 86.0 cm³/mol. The molecule has 0 bridgehead atoms. The number of rotatable bonds is 6. The topological polar surface area (TPSA) is 50.3 Å². The molecule has 5 heteroatoms. The van der Waals surface area contributed by atoms with Crippen LogP contribution < -0.4 is 15.0 Å². The maximum Gasteiger partial charge on any atom is 0.221 e. The van der Waals surface area contributed by atoms with E-state index in [1.807, 2.05) is 6.92 Å². The van der Waals surface area contributed by atoms with E-state index in [1.165, 1.54) is 19.3 Å². The van der Waals surface area contributed by atoms with E-state index >= 15 is 0 Å². The highest BCUT2D eigenvalue weighted by Gasteiger charge is 2.25. The van der Waals surface area contributed by atoms with Gasteiger partial charge in [0.2, 0.25) is 5.88 Å². The molecular formula is C16H28N4O. The average molecular weight is 292 g/mol. The van der Waals surface area contributed by atoms with Gasteiger partial charge in [-0.3, -0.25) is 0 Å². The zero-order valence-corrected chi connectivity index (χ0v) is 13.7. The first kappa shape index (κ1) is 16.0. The van der Waals surface area contributed by atoms with E-state index in [9.17, 15) is 0 Å². The summed E-state index contributed by atoms with van der Waals surface area (Å²) in [7, 11) is 1.66. The fourth-order valence-corrected chi connectivity index (χ4v) is 2.95. The molecule has 21 heavy (non-hydrogen) atoms. The molecule has 1 N–H and O–H groups in total. The predicted octanol–water partition coefficient (Wildman–Crippen LogP) is 2.40. The number of hydrogen-bond donors (Lipinski definition) is 1. The van der Waals surface area contributed by atoms with Gasteiger partial charge in [0.05, 0.1) is 12.7 Å². The third kappa shape index (κ3) is 4.06. The number of aromatic nitrogens is 2. The summed E-state index contributed by atoms with van der Waals surface area (Å²) in [5, 5.41) is 3.59. The fraction of sp³-hybridized carbons (Fsp3) is 0.750. The summed E-state index contributed by atoms with van der Waals surface area (Å²) < 4.78 is 5.33. The molecule has 1 atom stereocenters. The molecule has 118 valence electrons. The summed E-state index contributed by atoms with van der Waals surface area (Å²) in [6.45, 7) is 9.67. The Kier molecular flexibility index (Phi) is 5.79. The number of methoxy groups -OCH3 is 1. The van der Waals surface area contributed by atoms with Crippen LogP contribution in [0.4, 0.5) is 5.82 Å². The Morgan fingerprint density at radius 1 is 1.38 bits per heavy atom. The second-order valence-corrected chi connectivity index (χ2v) is 6.23. The van der Waals surface area contributed by atoms with Crippen LogP contribution >= 0.6 is 0 Å². The van der Waals surface area contributed by atoms with Gasteiger partial charge in [0.1, 0.15) is 12.1 Å². The van der Waals surface area contributed by atoms with Gasteiger partial charge in [-0.2, -0.15) is 0 Å². The lowest BCUT2D eigenvalue weighted by Gasteiger charge is -2.37. The fourth-order valence-electron chi connectivity index (χ4n) is 2.95. The van der Waals surface area contributed by atoms with Gasteiger partial charge < -0.3 is 15.0 Å². The Morgan fingerprint density at radius 2 is 2.19 bits per heavy atom. The Labute approximate surface area is 128 Å². The number of ether oxygens (including phenoxy) is 1. The van der Waals surface area contributed by atoms with Crippen LogP contribution in [0.1, 0.15) is 38.7 Å². The first-order valence-corrected chi connectivity index (χ1v) is 7.96. The summed E-state index contributed by atoms with van der Waals surface area (Å²) in [6.07, 6.45) is 5.35. The van der Waals surface area contributed by atoms with E-state index < -0.39 is 0 Å². The van der Waals surface area contributed by atoms with Crippen LogP contribution in [-0.4, -0.2) is 42.8 Å². The van der Waals surface area contributed by atoms with Crippen LogP contribution in [0, 0.1) is 12.8 Å². The minimum Gasteiger partial charge on any atom is -0.481 e. The summed E-state index contributed by atoms with van der Waals surface area (Å²) >= 11 is 0. The van der Waals surface area contributed by atoms with Gasteiger partial charge in [0.15, 0.2) is 0 Å². The number of anilines is 1. The van der Waals surface area contributed by atoms with Crippen molar-refractivity contribution in [3.63, 3.8) is 0 Å². The summed E-state index contributed by atoms with van der Waals surface area (Å²) in [4.78, 5) is 11.1. The summed E-state index contributed by atoms with van der Waals surface area (Å²) in [6, 6.07) is 0.510. The highest BCUT2D eigenvalue weighted by Crippen LogP contribution is 2.29. The van der Waals surface area contributed by atoms with Crippen LogP contribution in [0.15, 0.2) is 6.33 Å². The third-order valence-electron chi connectivity index (χ3n) is 4.04. The molecule has 1 unspecified atom stereocenters. The zero-order valence-electron chi connectivity index (χ0n) is 13.7. The monoisotopic (exact) mass is 292 g/mol. The quantitative estimate of drug-likeness (QED) is 0.872. The normalized spacial score (nSPS) is 19.1. The van der Waals surface area contributed by atoms with Gasteiger partial charge in [-0.15, -0.1) is 0 Å². The zero-order chi connectivity index (χ0) is 15.2. The first-order chi connectivity index (χ1) is 10.1. The highest BCUT2D eigenvalue weighted by molar-refractivity contribution is 5.51. The van der Waals surface area contributed by atoms with Crippen molar-refractivity contribution < 1.29 is 4.74 Å². The van der Waals surface area contributed by atoms with Crippen LogP contribution in [-0.2, 0) is 0 Å². The van der Waals surface area contributed by atoms with E-state index in [0.29, 0.717) is 17.8 Å². The number of nitrogens with one attached hydrogen (secondary N) is 1. The van der Waals surface area contributed by atoms with Crippen molar-refractivity contribution in [1.82, 2.24) is 15.3 Å². The number of piperidine rings is 1. The second kappa shape index (κ2) is 7.59. The lowest BCUT2D eigenvalue weighted by Crippen LogP contribution is -2.46. The number of nitrogens with zero attached hydrogens (tertiary/aromatic N) is 3. The SMILES string of the molecule is COc1ncnc(N2CCCCC2CNCC(C)C)c1C. The molecule has 0 spiro atoms. The minimum atomic E-state index is 0.510. The molecule has 1 aliphatic rings. The minimum absolute atomic E-state index is 0.510. The van der Waals surface area contributed by atoms with Gasteiger partial charge >= 0.3 is 0 Å². The standard InChI is InChI=1S/C16H28N4O/c1-12(2)9-17-10-14-7-5-6-8-20(14)15-13(3)16(21-4)19-11-18-15/h11-12,14,17H,5-10H2,1-4H3.